The Morgan fingerprint density at radius 2 is 1.96 bits per heavy atom. The van der Waals surface area contributed by atoms with Crippen LogP contribution in [0.3, 0.4) is 0 Å². The van der Waals surface area contributed by atoms with Crippen LogP contribution in [0.25, 0.3) is 6.08 Å². The molecule has 2 atom stereocenters. The molecule has 0 spiro atoms. The molecule has 28 heavy (non-hydrogen) atoms. The van der Waals surface area contributed by atoms with Gasteiger partial charge in [-0.3, -0.25) is 9.69 Å². The molecule has 4 rings (SSSR count). The summed E-state index contributed by atoms with van der Waals surface area (Å²) in [5.41, 5.74) is 0.566. The average Bonchev–Trinajstić information content (AvgIpc) is 2.67. The monoisotopic (exact) mass is 384 g/mol. The van der Waals surface area contributed by atoms with E-state index < -0.39 is 5.60 Å². The summed E-state index contributed by atoms with van der Waals surface area (Å²) in [7, 11) is 1.68. The molecular weight excluding hydrogens is 352 g/mol. The summed E-state index contributed by atoms with van der Waals surface area (Å²) in [5.74, 6) is 1.60. The maximum Gasteiger partial charge on any atom is 0.225 e. The molecule has 0 aromatic heterocycles. The first kappa shape index (κ1) is 19.5. The van der Waals surface area contributed by atoms with Crippen molar-refractivity contribution in [2.75, 3.05) is 39.8 Å². The van der Waals surface area contributed by atoms with Gasteiger partial charge in [0.15, 0.2) is 0 Å². The fourth-order valence-corrected chi connectivity index (χ4v) is 4.70. The van der Waals surface area contributed by atoms with Gasteiger partial charge in [-0.25, -0.2) is 0 Å². The van der Waals surface area contributed by atoms with Gasteiger partial charge in [-0.2, -0.15) is 0 Å². The molecule has 152 valence electrons. The van der Waals surface area contributed by atoms with E-state index in [0.717, 1.165) is 63.2 Å². The van der Waals surface area contributed by atoms with Gasteiger partial charge < -0.3 is 14.7 Å². The molecule has 3 fully saturated rings. The van der Waals surface area contributed by atoms with E-state index in [4.69, 9.17) is 4.74 Å². The number of likely N-dealkylation sites (tertiary alicyclic amines) is 2. The SMILES string of the molecule is COc1ccc(/C=C/CN2CC[C@@]3(O)CCN(C(=O)C4CCC4)C[C@H]3C2)cc1. The average molecular weight is 385 g/mol. The van der Waals surface area contributed by atoms with Crippen molar-refractivity contribution in [1.29, 1.82) is 0 Å². The maximum absolute atomic E-state index is 12.6. The number of carbonyl (C=O) groups excluding carboxylic acids is 1. The molecule has 1 N–H and O–H groups in total. The topological polar surface area (TPSA) is 53.0 Å². The number of methoxy groups -OCH3 is 1. The molecule has 2 saturated heterocycles. The normalized spacial score (nSPS) is 28.8. The quantitative estimate of drug-likeness (QED) is 0.848. The summed E-state index contributed by atoms with van der Waals surface area (Å²) < 4.78 is 5.20. The van der Waals surface area contributed by atoms with Crippen LogP contribution < -0.4 is 4.74 Å². The van der Waals surface area contributed by atoms with E-state index in [9.17, 15) is 9.90 Å². The number of piperidine rings is 2. The minimum absolute atomic E-state index is 0.161. The van der Waals surface area contributed by atoms with Crippen molar-refractivity contribution >= 4 is 12.0 Å². The summed E-state index contributed by atoms with van der Waals surface area (Å²) in [6, 6.07) is 8.04. The van der Waals surface area contributed by atoms with E-state index in [0.29, 0.717) is 12.5 Å². The van der Waals surface area contributed by atoms with Gasteiger partial charge in [-0.1, -0.05) is 30.7 Å². The van der Waals surface area contributed by atoms with Crippen LogP contribution in [0.15, 0.2) is 30.3 Å². The highest BCUT2D eigenvalue weighted by atomic mass is 16.5. The zero-order chi connectivity index (χ0) is 19.6. The van der Waals surface area contributed by atoms with Gasteiger partial charge in [0.1, 0.15) is 5.75 Å². The minimum Gasteiger partial charge on any atom is -0.497 e. The van der Waals surface area contributed by atoms with Crippen LogP contribution in [0.1, 0.15) is 37.7 Å². The van der Waals surface area contributed by atoms with Crippen molar-refractivity contribution in [3.05, 3.63) is 35.9 Å². The van der Waals surface area contributed by atoms with E-state index in [-0.39, 0.29) is 11.8 Å². The summed E-state index contributed by atoms with van der Waals surface area (Å²) in [6.45, 7) is 4.08. The Labute approximate surface area is 168 Å². The maximum atomic E-state index is 12.6. The second kappa shape index (κ2) is 8.26. The van der Waals surface area contributed by atoms with Crippen LogP contribution >= 0.6 is 0 Å². The number of ether oxygens (including phenoxy) is 1. The lowest BCUT2D eigenvalue weighted by Crippen LogP contribution is -2.61. The van der Waals surface area contributed by atoms with Gasteiger partial charge in [0, 0.05) is 44.6 Å². The van der Waals surface area contributed by atoms with Crippen LogP contribution in [-0.2, 0) is 4.79 Å². The highest BCUT2D eigenvalue weighted by Gasteiger charge is 2.46. The lowest BCUT2D eigenvalue weighted by Gasteiger charge is -2.50. The number of benzene rings is 1. The van der Waals surface area contributed by atoms with Crippen molar-refractivity contribution < 1.29 is 14.6 Å². The fourth-order valence-electron chi connectivity index (χ4n) is 4.70. The summed E-state index contributed by atoms with van der Waals surface area (Å²) in [4.78, 5) is 17.1. The predicted molar refractivity (Wildman–Crippen MR) is 110 cm³/mol. The van der Waals surface area contributed by atoms with E-state index in [2.05, 4.69) is 29.2 Å². The number of aliphatic hydroxyl groups is 1. The first-order chi connectivity index (χ1) is 13.6. The Hall–Kier alpha value is -1.85. The molecule has 2 heterocycles. The fraction of sp³-hybridized carbons (Fsp3) is 0.609. The molecule has 2 aliphatic heterocycles. The molecule has 0 bridgehead atoms. The van der Waals surface area contributed by atoms with Crippen LogP contribution in [0, 0.1) is 11.8 Å². The van der Waals surface area contributed by atoms with Crippen LogP contribution in [0.2, 0.25) is 0 Å². The zero-order valence-corrected chi connectivity index (χ0v) is 16.8. The van der Waals surface area contributed by atoms with Crippen LogP contribution in [-0.4, -0.2) is 66.2 Å². The number of hydrogen-bond donors (Lipinski definition) is 1. The summed E-state index contributed by atoms with van der Waals surface area (Å²) in [6.07, 6.45) is 9.13. The van der Waals surface area contributed by atoms with E-state index in [1.165, 1.54) is 6.42 Å². The number of hydrogen-bond acceptors (Lipinski definition) is 4. The first-order valence-corrected chi connectivity index (χ1v) is 10.6. The Bertz CT molecular complexity index is 713. The van der Waals surface area contributed by atoms with Crippen LogP contribution in [0.5, 0.6) is 5.75 Å². The summed E-state index contributed by atoms with van der Waals surface area (Å²) in [5, 5.41) is 11.1. The number of amides is 1. The second-order valence-electron chi connectivity index (χ2n) is 8.65. The first-order valence-electron chi connectivity index (χ1n) is 10.6. The Kier molecular flexibility index (Phi) is 5.74. The number of nitrogens with zero attached hydrogens (tertiary/aromatic N) is 2. The van der Waals surface area contributed by atoms with Gasteiger partial charge in [-0.05, 0) is 43.4 Å². The highest BCUT2D eigenvalue weighted by Crippen LogP contribution is 2.37. The largest absolute Gasteiger partial charge is 0.497 e. The minimum atomic E-state index is -0.591. The Morgan fingerprint density at radius 3 is 2.64 bits per heavy atom. The van der Waals surface area contributed by atoms with Crippen LogP contribution in [0.4, 0.5) is 0 Å². The molecule has 0 unspecified atom stereocenters. The molecule has 5 heteroatoms. The molecular formula is C23H32N2O3. The molecule has 0 radical (unpaired) electrons. The van der Waals surface area contributed by atoms with E-state index in [1.54, 1.807) is 7.11 Å². The number of carbonyl (C=O) groups is 1. The Balaban J connectivity index is 1.32. The third-order valence-corrected chi connectivity index (χ3v) is 6.91. The lowest BCUT2D eigenvalue weighted by molar-refractivity contribution is -0.152. The molecule has 5 nitrogen and oxygen atoms in total. The van der Waals surface area contributed by atoms with Gasteiger partial charge in [0.05, 0.1) is 12.7 Å². The van der Waals surface area contributed by atoms with Gasteiger partial charge in [0.25, 0.3) is 0 Å². The standard InChI is InChI=1S/C23H32N2O3/c1-28-21-9-7-18(8-10-21)4-3-13-24-14-11-23(27)12-15-25(17-20(23)16-24)22(26)19-5-2-6-19/h3-4,7-10,19-20,27H,2,5-6,11-17H2,1H3/b4-3+/t20-,23-/m1/s1. The third-order valence-electron chi connectivity index (χ3n) is 6.91. The van der Waals surface area contributed by atoms with E-state index >= 15 is 0 Å². The van der Waals surface area contributed by atoms with Gasteiger partial charge in [0.2, 0.25) is 5.91 Å². The molecule has 1 aliphatic carbocycles. The van der Waals surface area contributed by atoms with Crippen molar-refractivity contribution in [1.82, 2.24) is 9.80 Å². The predicted octanol–water partition coefficient (Wildman–Crippen LogP) is 2.79. The third kappa shape index (κ3) is 4.11. The number of rotatable bonds is 5. The summed E-state index contributed by atoms with van der Waals surface area (Å²) >= 11 is 0. The molecule has 1 amide bonds. The number of fused-ring (bicyclic) bond motifs is 1. The smallest absolute Gasteiger partial charge is 0.225 e. The molecule has 1 aromatic carbocycles. The van der Waals surface area contributed by atoms with Gasteiger partial charge >= 0.3 is 0 Å². The highest BCUT2D eigenvalue weighted by molar-refractivity contribution is 5.79. The second-order valence-corrected chi connectivity index (χ2v) is 8.65. The van der Waals surface area contributed by atoms with Gasteiger partial charge in [-0.15, -0.1) is 0 Å². The van der Waals surface area contributed by atoms with Crippen molar-refractivity contribution in [2.45, 2.75) is 37.7 Å². The van der Waals surface area contributed by atoms with Crippen molar-refractivity contribution in [3.8, 4) is 5.75 Å². The molecule has 3 aliphatic rings. The zero-order valence-electron chi connectivity index (χ0n) is 16.8. The Morgan fingerprint density at radius 1 is 1.21 bits per heavy atom. The molecule has 1 aromatic rings. The van der Waals surface area contributed by atoms with E-state index in [1.807, 2.05) is 17.0 Å². The molecule has 1 saturated carbocycles. The lowest BCUT2D eigenvalue weighted by atomic mass is 9.75. The van der Waals surface area contributed by atoms with Crippen molar-refractivity contribution in [2.24, 2.45) is 11.8 Å². The van der Waals surface area contributed by atoms with Crippen molar-refractivity contribution in [3.63, 3.8) is 0 Å².